The lowest BCUT2D eigenvalue weighted by Gasteiger charge is -2.26. The number of nitrogens with two attached hydrogens (primary N) is 3. The van der Waals surface area contributed by atoms with Gasteiger partial charge in [-0.25, -0.2) is 4.79 Å². The number of carboxylic acids is 1. The first-order valence-electron chi connectivity index (χ1n) is 7.65. The molecule has 4 unspecified atom stereocenters. The Balaban J connectivity index is 5.15. The lowest BCUT2D eigenvalue weighted by molar-refractivity contribution is -0.144. The molecule has 0 aliphatic rings. The molecule has 0 aliphatic heterocycles. The Kier molecular flexibility index (Phi) is 9.13. The minimum absolute atomic E-state index is 0.368. The van der Waals surface area contributed by atoms with Crippen molar-refractivity contribution in [1.29, 1.82) is 0 Å². The smallest absolute Gasteiger partial charge is 0.326 e. The summed E-state index contributed by atoms with van der Waals surface area (Å²) in [5.74, 6) is -5.07. The molecule has 11 nitrogen and oxygen atoms in total. The molecule has 0 bridgehead atoms. The molecule has 25 heavy (non-hydrogen) atoms. The average Bonchev–Trinajstić information content (AvgIpc) is 2.49. The number of carbonyl (C=O) groups is 5. The molecule has 0 rings (SSSR count). The van der Waals surface area contributed by atoms with Crippen molar-refractivity contribution < 1.29 is 29.1 Å². The number of carbonyl (C=O) groups excluding carboxylic acids is 4. The molecule has 4 amide bonds. The summed E-state index contributed by atoms with van der Waals surface area (Å²) >= 11 is 0. The topological polar surface area (TPSA) is 208 Å². The Morgan fingerprint density at radius 3 is 1.88 bits per heavy atom. The Morgan fingerprint density at radius 1 is 0.960 bits per heavy atom. The van der Waals surface area contributed by atoms with Crippen molar-refractivity contribution in [2.45, 2.75) is 51.2 Å². The molecule has 0 saturated heterocycles. The van der Waals surface area contributed by atoms with Crippen molar-refractivity contribution in [3.63, 3.8) is 0 Å². The number of hydrogen-bond donors (Lipinski definition) is 6. The lowest BCUT2D eigenvalue weighted by Crippen LogP contribution is -2.57. The SMILES string of the molecule is CCC(C)C(NC(=O)C(N)CC(N)=O)C(=O)NC(CC(N)=O)C(=O)O. The maximum absolute atomic E-state index is 12.3. The van der Waals surface area contributed by atoms with Crippen LogP contribution in [0.3, 0.4) is 0 Å². The van der Waals surface area contributed by atoms with Crippen LogP contribution < -0.4 is 27.8 Å². The van der Waals surface area contributed by atoms with Crippen LogP contribution >= 0.6 is 0 Å². The van der Waals surface area contributed by atoms with E-state index in [0.29, 0.717) is 6.42 Å². The summed E-state index contributed by atoms with van der Waals surface area (Å²) in [6, 6.07) is -3.86. The van der Waals surface area contributed by atoms with Crippen molar-refractivity contribution in [2.75, 3.05) is 0 Å². The summed E-state index contributed by atoms with van der Waals surface area (Å²) < 4.78 is 0. The van der Waals surface area contributed by atoms with Gasteiger partial charge in [0, 0.05) is 0 Å². The number of carboxylic acid groups (broad SMARTS) is 1. The maximum atomic E-state index is 12.3. The fraction of sp³-hybridized carbons (Fsp3) is 0.643. The van der Waals surface area contributed by atoms with Crippen LogP contribution in [-0.4, -0.2) is 52.8 Å². The third kappa shape index (κ3) is 8.11. The highest BCUT2D eigenvalue weighted by molar-refractivity contribution is 5.94. The summed E-state index contributed by atoms with van der Waals surface area (Å²) in [5, 5.41) is 13.6. The summed E-state index contributed by atoms with van der Waals surface area (Å²) in [6.45, 7) is 3.42. The van der Waals surface area contributed by atoms with Gasteiger partial charge in [0.05, 0.1) is 18.9 Å². The van der Waals surface area contributed by atoms with Crippen LogP contribution in [0, 0.1) is 5.92 Å². The van der Waals surface area contributed by atoms with Gasteiger partial charge in [-0.1, -0.05) is 20.3 Å². The third-order valence-electron chi connectivity index (χ3n) is 3.57. The van der Waals surface area contributed by atoms with Gasteiger partial charge in [0.25, 0.3) is 0 Å². The van der Waals surface area contributed by atoms with Gasteiger partial charge in [0.1, 0.15) is 12.1 Å². The van der Waals surface area contributed by atoms with Gasteiger partial charge in [-0.15, -0.1) is 0 Å². The normalized spacial score (nSPS) is 15.3. The van der Waals surface area contributed by atoms with Crippen molar-refractivity contribution in [1.82, 2.24) is 10.6 Å². The summed E-state index contributed by atoms with van der Waals surface area (Å²) in [5.41, 5.74) is 15.4. The average molecular weight is 359 g/mol. The van der Waals surface area contributed by atoms with Crippen LogP contribution in [0.25, 0.3) is 0 Å². The number of amides is 4. The minimum atomic E-state index is -1.52. The molecule has 0 fully saturated rings. The first kappa shape index (κ1) is 22.3. The largest absolute Gasteiger partial charge is 0.480 e. The Morgan fingerprint density at radius 2 is 1.48 bits per heavy atom. The molecule has 0 aromatic carbocycles. The van der Waals surface area contributed by atoms with Gasteiger partial charge in [-0.05, 0) is 5.92 Å². The molecule has 142 valence electrons. The number of rotatable bonds is 11. The van der Waals surface area contributed by atoms with Crippen molar-refractivity contribution in [3.05, 3.63) is 0 Å². The fourth-order valence-electron chi connectivity index (χ4n) is 1.93. The second kappa shape index (κ2) is 10.2. The molecule has 0 aromatic rings. The van der Waals surface area contributed by atoms with Crippen LogP contribution in [0.1, 0.15) is 33.1 Å². The molecule has 0 saturated carbocycles. The number of aliphatic carboxylic acids is 1. The standard InChI is InChI=1S/C14H25N5O6/c1-3-6(2)11(19-12(22)7(15)4-9(16)20)13(23)18-8(14(24)25)5-10(17)21/h6-8,11H,3-5,15H2,1-2H3,(H2,16,20)(H2,17,21)(H,18,23)(H,19,22)(H,24,25). The van der Waals surface area contributed by atoms with Gasteiger partial charge in [-0.3, -0.25) is 19.2 Å². The zero-order chi connectivity index (χ0) is 19.7. The predicted octanol–water partition coefficient (Wildman–Crippen LogP) is -2.84. The quantitative estimate of drug-likeness (QED) is 0.227. The first-order valence-corrected chi connectivity index (χ1v) is 7.65. The molecule has 0 spiro atoms. The van der Waals surface area contributed by atoms with E-state index in [9.17, 15) is 24.0 Å². The van der Waals surface area contributed by atoms with Gasteiger partial charge in [0.2, 0.25) is 23.6 Å². The Hall–Kier alpha value is -2.69. The summed E-state index contributed by atoms with van der Waals surface area (Å²) in [6.07, 6.45) is -0.513. The zero-order valence-corrected chi connectivity index (χ0v) is 14.2. The van der Waals surface area contributed by atoms with Crippen molar-refractivity contribution >= 4 is 29.6 Å². The molecule has 0 heterocycles. The highest BCUT2D eigenvalue weighted by atomic mass is 16.4. The molecule has 0 aliphatic carbocycles. The number of hydrogen-bond acceptors (Lipinski definition) is 6. The van der Waals surface area contributed by atoms with Crippen LogP contribution in [0.15, 0.2) is 0 Å². The van der Waals surface area contributed by atoms with Gasteiger partial charge >= 0.3 is 5.97 Å². The summed E-state index contributed by atoms with van der Waals surface area (Å²) in [7, 11) is 0. The molecule has 0 aromatic heterocycles. The van der Waals surface area contributed by atoms with E-state index >= 15 is 0 Å². The third-order valence-corrected chi connectivity index (χ3v) is 3.57. The Bertz CT molecular complexity index is 538. The van der Waals surface area contributed by atoms with E-state index in [1.54, 1.807) is 13.8 Å². The fourth-order valence-corrected chi connectivity index (χ4v) is 1.93. The van der Waals surface area contributed by atoms with E-state index in [1.807, 2.05) is 0 Å². The van der Waals surface area contributed by atoms with Crippen LogP contribution in [-0.2, 0) is 24.0 Å². The lowest BCUT2D eigenvalue weighted by atomic mass is 9.97. The van der Waals surface area contributed by atoms with E-state index in [-0.39, 0.29) is 5.92 Å². The second-order valence-electron chi connectivity index (χ2n) is 5.72. The van der Waals surface area contributed by atoms with Crippen LogP contribution in [0.4, 0.5) is 0 Å². The van der Waals surface area contributed by atoms with E-state index in [4.69, 9.17) is 22.3 Å². The predicted molar refractivity (Wildman–Crippen MR) is 86.6 cm³/mol. The molecular weight excluding hydrogens is 334 g/mol. The second-order valence-corrected chi connectivity index (χ2v) is 5.72. The molecule has 9 N–H and O–H groups in total. The highest BCUT2D eigenvalue weighted by Crippen LogP contribution is 2.09. The first-order chi connectivity index (χ1) is 11.5. The highest BCUT2D eigenvalue weighted by Gasteiger charge is 2.31. The number of primary amides is 2. The Labute approximate surface area is 144 Å². The van der Waals surface area contributed by atoms with Crippen molar-refractivity contribution in [3.8, 4) is 0 Å². The van der Waals surface area contributed by atoms with Crippen LogP contribution in [0.2, 0.25) is 0 Å². The maximum Gasteiger partial charge on any atom is 0.326 e. The van der Waals surface area contributed by atoms with Crippen LogP contribution in [0.5, 0.6) is 0 Å². The summed E-state index contributed by atoms with van der Waals surface area (Å²) in [4.78, 5) is 57.2. The van der Waals surface area contributed by atoms with E-state index in [0.717, 1.165) is 0 Å². The van der Waals surface area contributed by atoms with Gasteiger partial charge in [-0.2, -0.15) is 0 Å². The molecule has 4 atom stereocenters. The molecule has 11 heteroatoms. The minimum Gasteiger partial charge on any atom is -0.480 e. The van der Waals surface area contributed by atoms with Crippen molar-refractivity contribution in [2.24, 2.45) is 23.1 Å². The molecule has 0 radical (unpaired) electrons. The zero-order valence-electron chi connectivity index (χ0n) is 14.2. The van der Waals surface area contributed by atoms with E-state index in [2.05, 4.69) is 10.6 Å². The molecular formula is C14H25N5O6. The van der Waals surface area contributed by atoms with Gasteiger partial charge in [0.15, 0.2) is 0 Å². The monoisotopic (exact) mass is 359 g/mol. The number of nitrogens with one attached hydrogen (secondary N) is 2. The van der Waals surface area contributed by atoms with E-state index in [1.165, 1.54) is 0 Å². The van der Waals surface area contributed by atoms with E-state index < -0.39 is 60.6 Å². The van der Waals surface area contributed by atoms with Gasteiger partial charge < -0.3 is 32.9 Å².